The van der Waals surface area contributed by atoms with Gasteiger partial charge in [0.1, 0.15) is 19.3 Å². The predicted molar refractivity (Wildman–Crippen MR) is 114 cm³/mol. The second-order valence-corrected chi connectivity index (χ2v) is 6.94. The third kappa shape index (κ3) is 20.6. The number of aliphatic hydroxyl groups excluding tert-OH is 2. The molecule has 0 aromatic heterocycles. The Morgan fingerprint density at radius 1 is 0.897 bits per heavy atom. The number of aliphatic hydroxyl groups is 2. The monoisotopic (exact) mass is 410 g/mol. The number of ether oxygens (including phenoxy) is 2. The zero-order chi connectivity index (χ0) is 21.7. The van der Waals surface area contributed by atoms with Gasteiger partial charge in [0.25, 0.3) is 0 Å². The number of rotatable bonds is 17. The van der Waals surface area contributed by atoms with Crippen molar-refractivity contribution in [3.63, 3.8) is 0 Å². The molecule has 0 fully saturated rings. The first kappa shape index (κ1) is 27.1. The number of carbonyl (C=O) groups excluding carboxylic acids is 2. The fraction of sp³-hybridized carbons (Fsp3) is 0.652. The molecule has 0 saturated heterocycles. The van der Waals surface area contributed by atoms with Gasteiger partial charge < -0.3 is 19.7 Å². The summed E-state index contributed by atoms with van der Waals surface area (Å²) in [4.78, 5) is 22.2. The summed E-state index contributed by atoms with van der Waals surface area (Å²) in [6.45, 7) is 3.01. The molecule has 0 spiro atoms. The number of esters is 2. The first-order valence-corrected chi connectivity index (χ1v) is 10.6. The highest BCUT2D eigenvalue weighted by molar-refractivity contribution is 5.69. The van der Waals surface area contributed by atoms with E-state index in [1.54, 1.807) is 6.08 Å². The van der Waals surface area contributed by atoms with E-state index in [1.165, 1.54) is 6.92 Å². The van der Waals surface area contributed by atoms with Crippen LogP contribution in [0.3, 0.4) is 0 Å². The van der Waals surface area contributed by atoms with Crippen LogP contribution in [0.5, 0.6) is 0 Å². The van der Waals surface area contributed by atoms with Gasteiger partial charge in [-0.25, -0.2) is 0 Å². The lowest BCUT2D eigenvalue weighted by atomic mass is 10.1. The first-order chi connectivity index (χ1) is 14.0. The molecule has 29 heavy (non-hydrogen) atoms. The Kier molecular flexibility index (Phi) is 18.1. The molecule has 0 heterocycles. The molecule has 2 atom stereocenters. The number of allylic oxidation sites excluding steroid dienone is 4. The highest BCUT2D eigenvalue weighted by Crippen LogP contribution is 2.08. The quantitative estimate of drug-likeness (QED) is 0.163. The summed E-state index contributed by atoms with van der Waals surface area (Å²) in [5.74, 6) is -0.814. The van der Waals surface area contributed by atoms with Crippen LogP contribution in [-0.2, 0) is 19.1 Å². The molecule has 0 aromatic carbocycles. The molecule has 0 amide bonds. The van der Waals surface area contributed by atoms with Crippen molar-refractivity contribution in [3.05, 3.63) is 36.5 Å². The molecule has 2 N–H and O–H groups in total. The van der Waals surface area contributed by atoms with E-state index in [-0.39, 0.29) is 19.2 Å². The van der Waals surface area contributed by atoms with Crippen LogP contribution in [0.15, 0.2) is 36.5 Å². The third-order valence-electron chi connectivity index (χ3n) is 4.03. The number of unbranched alkanes of at least 4 members (excludes halogenated alkanes) is 5. The lowest BCUT2D eigenvalue weighted by Crippen LogP contribution is -2.24. The van der Waals surface area contributed by atoms with Gasteiger partial charge in [0.15, 0.2) is 0 Å². The van der Waals surface area contributed by atoms with Crippen molar-refractivity contribution in [2.45, 2.75) is 83.8 Å². The summed E-state index contributed by atoms with van der Waals surface area (Å²) in [5.41, 5.74) is 0. The van der Waals surface area contributed by atoms with Gasteiger partial charge in [-0.3, -0.25) is 9.59 Å². The molecule has 0 aliphatic rings. The van der Waals surface area contributed by atoms with Crippen molar-refractivity contribution in [1.29, 1.82) is 0 Å². The summed E-state index contributed by atoms with van der Waals surface area (Å²) < 4.78 is 9.57. The summed E-state index contributed by atoms with van der Waals surface area (Å²) in [6.07, 6.45) is 18.4. The van der Waals surface area contributed by atoms with E-state index < -0.39 is 18.2 Å². The van der Waals surface area contributed by atoms with Crippen LogP contribution < -0.4 is 0 Å². The smallest absolute Gasteiger partial charge is 0.305 e. The van der Waals surface area contributed by atoms with Crippen molar-refractivity contribution in [3.8, 4) is 0 Å². The highest BCUT2D eigenvalue weighted by Gasteiger charge is 2.10. The van der Waals surface area contributed by atoms with E-state index in [1.807, 2.05) is 18.2 Å². The van der Waals surface area contributed by atoms with Gasteiger partial charge in [0.2, 0.25) is 0 Å². The van der Waals surface area contributed by atoms with E-state index in [9.17, 15) is 19.8 Å². The molecule has 0 saturated carbocycles. The molecule has 1 unspecified atom stereocenters. The summed E-state index contributed by atoms with van der Waals surface area (Å²) >= 11 is 0. The van der Waals surface area contributed by atoms with Gasteiger partial charge in [0, 0.05) is 13.3 Å². The lowest BCUT2D eigenvalue weighted by Gasteiger charge is -2.11. The Balaban J connectivity index is 3.53. The maximum atomic E-state index is 11.6. The summed E-state index contributed by atoms with van der Waals surface area (Å²) in [6, 6.07) is 0. The Hall–Kier alpha value is -1.92. The Morgan fingerprint density at radius 2 is 1.59 bits per heavy atom. The molecule has 6 heteroatoms. The van der Waals surface area contributed by atoms with Crippen molar-refractivity contribution < 1.29 is 29.3 Å². The zero-order valence-corrected chi connectivity index (χ0v) is 17.9. The van der Waals surface area contributed by atoms with Crippen molar-refractivity contribution in [1.82, 2.24) is 0 Å². The fourth-order valence-corrected chi connectivity index (χ4v) is 2.43. The molecule has 0 aliphatic heterocycles. The Morgan fingerprint density at radius 3 is 2.31 bits per heavy atom. The van der Waals surface area contributed by atoms with E-state index in [0.29, 0.717) is 12.8 Å². The lowest BCUT2D eigenvalue weighted by molar-refractivity contribution is -0.151. The van der Waals surface area contributed by atoms with Crippen LogP contribution in [0.4, 0.5) is 0 Å². The summed E-state index contributed by atoms with van der Waals surface area (Å²) in [7, 11) is 0. The van der Waals surface area contributed by atoms with Crippen LogP contribution >= 0.6 is 0 Å². The Bertz CT molecular complexity index is 509. The molecule has 0 aliphatic carbocycles. The minimum atomic E-state index is -0.980. The van der Waals surface area contributed by atoms with Crippen molar-refractivity contribution in [2.75, 3.05) is 13.2 Å². The maximum absolute atomic E-state index is 11.6. The van der Waals surface area contributed by atoms with Crippen LogP contribution in [0.2, 0.25) is 0 Å². The minimum absolute atomic E-state index is 0.153. The van der Waals surface area contributed by atoms with Gasteiger partial charge in [-0.05, 0) is 32.1 Å². The normalized spacial score (nSPS) is 13.9. The zero-order valence-electron chi connectivity index (χ0n) is 17.9. The van der Waals surface area contributed by atoms with Gasteiger partial charge in [0.05, 0.1) is 6.10 Å². The standard InChI is InChI=1S/C23H38O6/c1-3-4-12-15-21(25)16-13-10-8-6-5-7-9-11-14-17-23(27)29-19-22(26)18-28-20(2)24/h4,8,10,12-13,16,21-22,25-26H,3,5-7,9,11,14-15,17-19H2,1-2H3/b10-8+,12-4+,16-13+/t21?,22-/m0/s1. The van der Waals surface area contributed by atoms with Gasteiger partial charge >= 0.3 is 11.9 Å². The molecule has 0 bridgehead atoms. The number of hydrogen-bond acceptors (Lipinski definition) is 6. The van der Waals surface area contributed by atoms with E-state index in [2.05, 4.69) is 23.8 Å². The molecular weight excluding hydrogens is 372 g/mol. The average molecular weight is 411 g/mol. The minimum Gasteiger partial charge on any atom is -0.463 e. The molecular formula is C23H38O6. The molecule has 166 valence electrons. The third-order valence-corrected chi connectivity index (χ3v) is 4.03. The second-order valence-electron chi connectivity index (χ2n) is 6.94. The van der Waals surface area contributed by atoms with Crippen LogP contribution in [0.25, 0.3) is 0 Å². The molecule has 6 nitrogen and oxygen atoms in total. The predicted octanol–water partition coefficient (Wildman–Crippen LogP) is 4.01. The SMILES string of the molecule is CC/C=C/CC(O)/C=C/C=C/CCCCCCCC(=O)OC[C@@H](O)COC(C)=O. The number of carbonyl (C=O) groups is 2. The van der Waals surface area contributed by atoms with E-state index in [0.717, 1.165) is 44.9 Å². The topological polar surface area (TPSA) is 93.1 Å². The number of hydrogen-bond donors (Lipinski definition) is 2. The Labute approximate surface area is 175 Å². The average Bonchev–Trinajstić information content (AvgIpc) is 2.69. The van der Waals surface area contributed by atoms with Crippen molar-refractivity contribution >= 4 is 11.9 Å². The molecule has 0 rings (SSSR count). The fourth-order valence-electron chi connectivity index (χ4n) is 2.43. The van der Waals surface area contributed by atoms with Crippen LogP contribution in [-0.4, -0.2) is 47.6 Å². The summed E-state index contributed by atoms with van der Waals surface area (Å²) in [5, 5.41) is 19.2. The van der Waals surface area contributed by atoms with Gasteiger partial charge in [-0.15, -0.1) is 0 Å². The molecule has 0 radical (unpaired) electrons. The second kappa shape index (κ2) is 19.4. The highest BCUT2D eigenvalue weighted by atomic mass is 16.6. The molecule has 0 aromatic rings. The van der Waals surface area contributed by atoms with Crippen LogP contribution in [0, 0.1) is 0 Å². The van der Waals surface area contributed by atoms with Crippen molar-refractivity contribution in [2.24, 2.45) is 0 Å². The van der Waals surface area contributed by atoms with E-state index >= 15 is 0 Å². The maximum Gasteiger partial charge on any atom is 0.305 e. The van der Waals surface area contributed by atoms with Crippen LogP contribution in [0.1, 0.15) is 71.6 Å². The van der Waals surface area contributed by atoms with Gasteiger partial charge in [-0.2, -0.15) is 0 Å². The van der Waals surface area contributed by atoms with E-state index in [4.69, 9.17) is 4.74 Å². The van der Waals surface area contributed by atoms with Gasteiger partial charge in [-0.1, -0.05) is 62.6 Å². The largest absolute Gasteiger partial charge is 0.463 e. The first-order valence-electron chi connectivity index (χ1n) is 10.6.